The topological polar surface area (TPSA) is 67.6 Å². The zero-order valence-corrected chi connectivity index (χ0v) is 14.8. The van der Waals surface area contributed by atoms with Gasteiger partial charge in [0.2, 0.25) is 0 Å². The van der Waals surface area contributed by atoms with Gasteiger partial charge in [0.1, 0.15) is 11.9 Å². The number of hydrogen-bond acceptors (Lipinski definition) is 4. The molecule has 2 aromatic rings. The number of rotatable bonds is 2. The summed E-state index contributed by atoms with van der Waals surface area (Å²) < 4.78 is 6.16. The molecule has 0 fully saturated rings. The molecular formula is C18H18BrN3O2. The van der Waals surface area contributed by atoms with Gasteiger partial charge in [0.05, 0.1) is 22.8 Å². The molecule has 4 rings (SSSR count). The van der Waals surface area contributed by atoms with Crippen LogP contribution < -0.4 is 20.7 Å². The molecule has 3 N–H and O–H groups in total. The van der Waals surface area contributed by atoms with Gasteiger partial charge >= 0.3 is 0 Å². The molecule has 2 heterocycles. The summed E-state index contributed by atoms with van der Waals surface area (Å²) in [6.45, 7) is 0.805. The second-order valence-electron chi connectivity index (χ2n) is 6.10. The molecule has 0 radical (unpaired) electrons. The quantitative estimate of drug-likeness (QED) is 0.830. The number of anilines is 1. The van der Waals surface area contributed by atoms with Gasteiger partial charge in [0.15, 0.2) is 0 Å². The van der Waals surface area contributed by atoms with Crippen LogP contribution in [-0.4, -0.2) is 19.6 Å². The number of carbonyl (C=O) groups excluding carboxylic acids is 1. The molecule has 0 unspecified atom stereocenters. The van der Waals surface area contributed by atoms with E-state index in [0.29, 0.717) is 5.56 Å². The van der Waals surface area contributed by atoms with Crippen molar-refractivity contribution in [3.8, 4) is 5.75 Å². The second-order valence-corrected chi connectivity index (χ2v) is 6.96. The van der Waals surface area contributed by atoms with Crippen LogP contribution in [0, 0.1) is 0 Å². The van der Waals surface area contributed by atoms with Gasteiger partial charge in [-0.05, 0) is 51.7 Å². The molecular weight excluding hydrogens is 370 g/mol. The zero-order chi connectivity index (χ0) is 16.8. The zero-order valence-electron chi connectivity index (χ0n) is 13.3. The number of benzene rings is 2. The summed E-state index contributed by atoms with van der Waals surface area (Å²) in [6.07, 6.45) is 0.654. The number of amides is 1. The lowest BCUT2D eigenvalue weighted by Crippen LogP contribution is -2.49. The smallest absolute Gasteiger partial charge is 0.255 e. The van der Waals surface area contributed by atoms with Gasteiger partial charge in [0, 0.05) is 12.6 Å². The first-order valence-electron chi connectivity index (χ1n) is 7.89. The molecule has 2 aromatic carbocycles. The van der Waals surface area contributed by atoms with Gasteiger partial charge in [-0.2, -0.15) is 0 Å². The third kappa shape index (κ3) is 2.29. The van der Waals surface area contributed by atoms with Gasteiger partial charge < -0.3 is 20.7 Å². The van der Waals surface area contributed by atoms with Gasteiger partial charge in [-0.1, -0.05) is 18.2 Å². The summed E-state index contributed by atoms with van der Waals surface area (Å²) in [4.78, 5) is 14.8. The van der Waals surface area contributed by atoms with Crippen LogP contribution in [0.3, 0.4) is 0 Å². The summed E-state index contributed by atoms with van der Waals surface area (Å²) in [5.41, 5.74) is 9.99. The summed E-state index contributed by atoms with van der Waals surface area (Å²) in [5, 5.41) is 3.12. The minimum absolute atomic E-state index is 0.0228. The largest absolute Gasteiger partial charge is 0.496 e. The Morgan fingerprint density at radius 1 is 1.33 bits per heavy atom. The summed E-state index contributed by atoms with van der Waals surface area (Å²) >= 11 is 3.52. The fraction of sp³-hybridized carbons (Fsp3) is 0.278. The van der Waals surface area contributed by atoms with E-state index in [2.05, 4.69) is 26.1 Å². The van der Waals surface area contributed by atoms with Crippen LogP contribution >= 0.6 is 15.9 Å². The Bertz CT molecular complexity index is 824. The van der Waals surface area contributed by atoms with Crippen molar-refractivity contribution in [3.05, 3.63) is 57.6 Å². The van der Waals surface area contributed by atoms with Crippen molar-refractivity contribution in [3.63, 3.8) is 0 Å². The summed E-state index contributed by atoms with van der Waals surface area (Å²) in [7, 11) is 1.64. The van der Waals surface area contributed by atoms with E-state index in [4.69, 9.17) is 10.5 Å². The summed E-state index contributed by atoms with van der Waals surface area (Å²) in [5.74, 6) is 0.705. The second kappa shape index (κ2) is 5.79. The molecule has 5 nitrogen and oxygen atoms in total. The van der Waals surface area contributed by atoms with E-state index in [1.54, 1.807) is 7.11 Å². The maximum absolute atomic E-state index is 12.6. The minimum atomic E-state index is -0.208. The minimum Gasteiger partial charge on any atom is -0.496 e. The molecule has 0 bridgehead atoms. The molecule has 0 saturated heterocycles. The molecule has 2 aliphatic rings. The van der Waals surface area contributed by atoms with Crippen molar-refractivity contribution < 1.29 is 9.53 Å². The highest BCUT2D eigenvalue weighted by atomic mass is 79.9. The van der Waals surface area contributed by atoms with E-state index in [1.807, 2.05) is 36.4 Å². The molecule has 0 spiro atoms. The highest BCUT2D eigenvalue weighted by molar-refractivity contribution is 9.10. The van der Waals surface area contributed by atoms with Crippen LogP contribution in [0.1, 0.15) is 40.1 Å². The molecule has 2 aliphatic heterocycles. The van der Waals surface area contributed by atoms with E-state index >= 15 is 0 Å². The highest BCUT2D eigenvalue weighted by Crippen LogP contribution is 2.42. The molecule has 0 aromatic heterocycles. The number of carbonyl (C=O) groups is 1. The first-order valence-corrected chi connectivity index (χ1v) is 8.69. The van der Waals surface area contributed by atoms with E-state index in [9.17, 15) is 4.79 Å². The number of nitrogens with two attached hydrogens (primary N) is 1. The Labute approximate surface area is 148 Å². The van der Waals surface area contributed by atoms with Crippen LogP contribution in [0.5, 0.6) is 5.75 Å². The highest BCUT2D eigenvalue weighted by Gasteiger charge is 2.37. The number of methoxy groups -OCH3 is 1. The number of hydrogen-bond donors (Lipinski definition) is 2. The third-order valence-electron chi connectivity index (χ3n) is 4.75. The van der Waals surface area contributed by atoms with Crippen LogP contribution in [0.25, 0.3) is 0 Å². The van der Waals surface area contributed by atoms with Gasteiger partial charge in [-0.3, -0.25) is 4.79 Å². The van der Waals surface area contributed by atoms with Crippen molar-refractivity contribution in [2.24, 2.45) is 5.73 Å². The summed E-state index contributed by atoms with van der Waals surface area (Å²) in [6, 6.07) is 11.6. The number of nitrogens with zero attached hydrogens (tertiary/aromatic N) is 1. The van der Waals surface area contributed by atoms with Crippen LogP contribution in [0.2, 0.25) is 0 Å². The van der Waals surface area contributed by atoms with Gasteiger partial charge in [0.25, 0.3) is 5.91 Å². The molecule has 1 amide bonds. The normalized spacial score (nSPS) is 22.0. The standard InChI is InChI=1S/C18H18BrN3O2/c1-24-15-6-5-10(9-13(15)19)17-21-18(23)12-4-2-3-11-14(20)7-8-22(17)16(11)12/h2-6,9,14,17H,7-8,20H2,1H3,(H,21,23)/t14-,17-/m0/s1. The molecule has 0 saturated carbocycles. The van der Waals surface area contributed by atoms with Crippen LogP contribution in [0.15, 0.2) is 40.9 Å². The Hall–Kier alpha value is -2.05. The first kappa shape index (κ1) is 15.5. The average molecular weight is 388 g/mol. The fourth-order valence-corrected chi connectivity index (χ4v) is 4.12. The van der Waals surface area contributed by atoms with Crippen molar-refractivity contribution in [2.75, 3.05) is 18.6 Å². The number of para-hydroxylation sites is 1. The average Bonchev–Trinajstić information content (AvgIpc) is 2.59. The fourth-order valence-electron chi connectivity index (χ4n) is 3.56. The maximum atomic E-state index is 12.6. The van der Waals surface area contributed by atoms with Gasteiger partial charge in [-0.15, -0.1) is 0 Å². The molecule has 2 atom stereocenters. The van der Waals surface area contributed by atoms with Gasteiger partial charge in [-0.25, -0.2) is 0 Å². The van der Waals surface area contributed by atoms with E-state index in [1.165, 1.54) is 0 Å². The lowest BCUT2D eigenvalue weighted by Gasteiger charge is -2.44. The Kier molecular flexibility index (Phi) is 3.73. The molecule has 6 heteroatoms. The van der Waals surface area contributed by atoms with E-state index in [-0.39, 0.29) is 18.1 Å². The Morgan fingerprint density at radius 2 is 2.17 bits per heavy atom. The van der Waals surface area contributed by atoms with Crippen LogP contribution in [-0.2, 0) is 0 Å². The third-order valence-corrected chi connectivity index (χ3v) is 5.37. The number of ether oxygens (including phenoxy) is 1. The lowest BCUT2D eigenvalue weighted by atomic mass is 9.90. The van der Waals surface area contributed by atoms with Crippen molar-refractivity contribution in [1.29, 1.82) is 0 Å². The Morgan fingerprint density at radius 3 is 2.92 bits per heavy atom. The molecule has 124 valence electrons. The first-order chi connectivity index (χ1) is 11.6. The lowest BCUT2D eigenvalue weighted by molar-refractivity contribution is 0.0925. The maximum Gasteiger partial charge on any atom is 0.255 e. The molecule has 24 heavy (non-hydrogen) atoms. The number of nitrogens with one attached hydrogen (secondary N) is 1. The van der Waals surface area contributed by atoms with Crippen molar-refractivity contribution in [2.45, 2.75) is 18.6 Å². The molecule has 0 aliphatic carbocycles. The van der Waals surface area contributed by atoms with Crippen LogP contribution in [0.4, 0.5) is 5.69 Å². The van der Waals surface area contributed by atoms with E-state index in [0.717, 1.165) is 40.0 Å². The van der Waals surface area contributed by atoms with Crippen molar-refractivity contribution >= 4 is 27.5 Å². The predicted octanol–water partition coefficient (Wildman–Crippen LogP) is 3.11. The van der Waals surface area contributed by atoms with Crippen molar-refractivity contribution in [1.82, 2.24) is 5.32 Å². The Balaban J connectivity index is 1.82. The SMILES string of the molecule is COc1ccc([C@H]2NC(=O)c3cccc4c3N2CC[C@@H]4N)cc1Br. The predicted molar refractivity (Wildman–Crippen MR) is 96.2 cm³/mol. The number of halogens is 1. The van der Waals surface area contributed by atoms with E-state index < -0.39 is 0 Å². The monoisotopic (exact) mass is 387 g/mol.